The zero-order chi connectivity index (χ0) is 14.3. The molecule has 1 heterocycles. The fourth-order valence-corrected chi connectivity index (χ4v) is 2.14. The van der Waals surface area contributed by atoms with Crippen LogP contribution in [0.4, 0.5) is 0 Å². The zero-order valence-electron chi connectivity index (χ0n) is 12.0. The average Bonchev–Trinajstić information content (AvgIpc) is 2.34. The summed E-state index contributed by atoms with van der Waals surface area (Å²) in [5.41, 5.74) is 0.264. The van der Waals surface area contributed by atoms with Gasteiger partial charge in [-0.2, -0.15) is 0 Å². The molecule has 1 atom stereocenters. The Balaban J connectivity index is 2.28. The van der Waals surface area contributed by atoms with Gasteiger partial charge in [-0.3, -0.25) is 9.78 Å². The molecule has 0 bridgehead atoms. The Labute approximate surface area is 115 Å². The topological polar surface area (TPSA) is 62.2 Å². The van der Waals surface area contributed by atoms with E-state index in [9.17, 15) is 9.90 Å². The summed E-state index contributed by atoms with van der Waals surface area (Å²) in [5, 5.41) is 12.9. The van der Waals surface area contributed by atoms with Crippen molar-refractivity contribution < 1.29 is 9.90 Å². The molecule has 2 N–H and O–H groups in total. The highest BCUT2D eigenvalue weighted by atomic mass is 16.3. The van der Waals surface area contributed by atoms with Gasteiger partial charge in [-0.25, -0.2) is 0 Å². The van der Waals surface area contributed by atoms with E-state index in [0.29, 0.717) is 31.7 Å². The van der Waals surface area contributed by atoms with E-state index in [1.54, 1.807) is 19.3 Å². The van der Waals surface area contributed by atoms with E-state index >= 15 is 0 Å². The second kappa shape index (κ2) is 7.24. The molecule has 1 aromatic heterocycles. The van der Waals surface area contributed by atoms with Crippen LogP contribution in [0.25, 0.3) is 0 Å². The first-order valence-electron chi connectivity index (χ1n) is 6.77. The number of carbonyl (C=O) groups excluding carboxylic acids is 1. The molecule has 4 heteroatoms. The van der Waals surface area contributed by atoms with E-state index in [1.807, 2.05) is 12.1 Å². The number of nitrogens with one attached hydrogen (secondary N) is 1. The van der Waals surface area contributed by atoms with Crippen LogP contribution in [0.5, 0.6) is 0 Å². The largest absolute Gasteiger partial charge is 0.388 e. The lowest BCUT2D eigenvalue weighted by Gasteiger charge is -2.25. The maximum absolute atomic E-state index is 11.7. The molecule has 1 amide bonds. The number of hydrogen-bond donors (Lipinski definition) is 2. The van der Waals surface area contributed by atoms with Gasteiger partial charge in [0.05, 0.1) is 5.60 Å². The van der Waals surface area contributed by atoms with Crippen molar-refractivity contribution in [3.05, 3.63) is 30.1 Å². The second-order valence-electron chi connectivity index (χ2n) is 5.73. The Morgan fingerprint density at radius 1 is 1.42 bits per heavy atom. The van der Waals surface area contributed by atoms with Crippen LogP contribution in [0, 0.1) is 5.92 Å². The van der Waals surface area contributed by atoms with E-state index in [4.69, 9.17) is 0 Å². The monoisotopic (exact) mass is 264 g/mol. The number of carbonyl (C=O) groups is 1. The van der Waals surface area contributed by atoms with Crippen LogP contribution >= 0.6 is 0 Å². The first-order chi connectivity index (χ1) is 8.89. The van der Waals surface area contributed by atoms with Gasteiger partial charge in [0.1, 0.15) is 0 Å². The summed E-state index contributed by atoms with van der Waals surface area (Å²) in [5.74, 6) is 0.379. The Kier molecular flexibility index (Phi) is 5.96. The predicted molar refractivity (Wildman–Crippen MR) is 75.6 cm³/mol. The number of amides is 1. The summed E-state index contributed by atoms with van der Waals surface area (Å²) in [6.07, 6.45) is 5.25. The van der Waals surface area contributed by atoms with Crippen molar-refractivity contribution in [3.63, 3.8) is 0 Å². The molecule has 0 saturated carbocycles. The summed E-state index contributed by atoms with van der Waals surface area (Å²) in [6, 6.07) is 3.81. The molecule has 0 aliphatic rings. The summed E-state index contributed by atoms with van der Waals surface area (Å²) in [7, 11) is 0. The molecule has 1 rings (SSSR count). The minimum absolute atomic E-state index is 0.0270. The van der Waals surface area contributed by atoms with Crippen LogP contribution in [0.2, 0.25) is 0 Å². The number of pyridine rings is 1. The fraction of sp³-hybridized carbons (Fsp3) is 0.600. The number of rotatable bonds is 7. The van der Waals surface area contributed by atoms with Gasteiger partial charge < -0.3 is 10.4 Å². The summed E-state index contributed by atoms with van der Waals surface area (Å²) in [6.45, 7) is 6.18. The molecule has 0 aliphatic heterocycles. The van der Waals surface area contributed by atoms with Gasteiger partial charge in [0.15, 0.2) is 0 Å². The maximum Gasteiger partial charge on any atom is 0.220 e. The summed E-state index contributed by atoms with van der Waals surface area (Å²) >= 11 is 0. The van der Waals surface area contributed by atoms with Crippen molar-refractivity contribution in [3.8, 4) is 0 Å². The van der Waals surface area contributed by atoms with E-state index in [2.05, 4.69) is 24.1 Å². The summed E-state index contributed by atoms with van der Waals surface area (Å²) < 4.78 is 0. The lowest BCUT2D eigenvalue weighted by molar-refractivity contribution is -0.122. The summed E-state index contributed by atoms with van der Waals surface area (Å²) in [4.78, 5) is 15.6. The van der Waals surface area contributed by atoms with Gasteiger partial charge in [-0.1, -0.05) is 13.8 Å². The van der Waals surface area contributed by atoms with Gasteiger partial charge >= 0.3 is 0 Å². The highest BCUT2D eigenvalue weighted by molar-refractivity contribution is 5.76. The second-order valence-corrected chi connectivity index (χ2v) is 5.73. The Hall–Kier alpha value is -1.42. The molecule has 0 fully saturated rings. The van der Waals surface area contributed by atoms with Crippen LogP contribution in [0.3, 0.4) is 0 Å². The van der Waals surface area contributed by atoms with Crippen molar-refractivity contribution in [1.29, 1.82) is 0 Å². The van der Waals surface area contributed by atoms with Crippen molar-refractivity contribution in [2.24, 2.45) is 5.92 Å². The first-order valence-corrected chi connectivity index (χ1v) is 6.77. The molecule has 0 saturated heterocycles. The van der Waals surface area contributed by atoms with Crippen molar-refractivity contribution >= 4 is 5.91 Å². The third-order valence-corrected chi connectivity index (χ3v) is 2.90. The highest BCUT2D eigenvalue weighted by Gasteiger charge is 2.22. The molecule has 0 radical (unpaired) electrons. The molecule has 19 heavy (non-hydrogen) atoms. The molecular formula is C15H24N2O2. The molecule has 106 valence electrons. The predicted octanol–water partition coefficient (Wildman–Crippen LogP) is 1.93. The number of nitrogens with zero attached hydrogens (tertiary/aromatic N) is 1. The molecule has 0 aromatic carbocycles. The molecule has 0 aliphatic carbocycles. The number of hydrogen-bond acceptors (Lipinski definition) is 3. The van der Waals surface area contributed by atoms with Crippen LogP contribution in [0.1, 0.15) is 39.2 Å². The minimum atomic E-state index is -0.833. The standard InChI is InChI=1S/C15H24N2O2/c1-12(2)10-15(3,19)11-17-14(18)5-4-13-6-8-16-9-7-13/h6-9,12,19H,4-5,10-11H2,1-3H3,(H,17,18). The number of aliphatic hydroxyl groups is 1. The zero-order valence-corrected chi connectivity index (χ0v) is 12.0. The van der Waals surface area contributed by atoms with E-state index < -0.39 is 5.60 Å². The Bertz CT molecular complexity index is 388. The van der Waals surface area contributed by atoms with Crippen molar-refractivity contribution in [2.75, 3.05) is 6.54 Å². The molecular weight excluding hydrogens is 240 g/mol. The third kappa shape index (κ3) is 6.91. The average molecular weight is 264 g/mol. The van der Waals surface area contributed by atoms with Gasteiger partial charge in [0.25, 0.3) is 0 Å². The molecule has 1 aromatic rings. The van der Waals surface area contributed by atoms with Gasteiger partial charge in [-0.15, -0.1) is 0 Å². The van der Waals surface area contributed by atoms with E-state index in [1.165, 1.54) is 0 Å². The van der Waals surface area contributed by atoms with Crippen molar-refractivity contribution in [2.45, 2.75) is 45.6 Å². The Morgan fingerprint density at radius 2 is 2.05 bits per heavy atom. The van der Waals surface area contributed by atoms with Crippen molar-refractivity contribution in [1.82, 2.24) is 10.3 Å². The lowest BCUT2D eigenvalue weighted by atomic mass is 9.94. The minimum Gasteiger partial charge on any atom is -0.388 e. The number of aryl methyl sites for hydroxylation is 1. The third-order valence-electron chi connectivity index (χ3n) is 2.90. The van der Waals surface area contributed by atoms with Crippen LogP contribution < -0.4 is 5.32 Å². The first kappa shape index (κ1) is 15.6. The normalized spacial score (nSPS) is 14.2. The van der Waals surface area contributed by atoms with Gasteiger partial charge in [0.2, 0.25) is 5.91 Å². The molecule has 0 spiro atoms. The fourth-order valence-electron chi connectivity index (χ4n) is 2.14. The lowest BCUT2D eigenvalue weighted by Crippen LogP contribution is -2.41. The van der Waals surface area contributed by atoms with E-state index in [-0.39, 0.29) is 5.91 Å². The molecule has 4 nitrogen and oxygen atoms in total. The quantitative estimate of drug-likeness (QED) is 0.791. The van der Waals surface area contributed by atoms with Crippen LogP contribution in [-0.2, 0) is 11.2 Å². The SMILES string of the molecule is CC(C)CC(C)(O)CNC(=O)CCc1ccncc1. The van der Waals surface area contributed by atoms with Crippen LogP contribution in [-0.4, -0.2) is 28.1 Å². The van der Waals surface area contributed by atoms with Crippen LogP contribution in [0.15, 0.2) is 24.5 Å². The smallest absolute Gasteiger partial charge is 0.220 e. The van der Waals surface area contributed by atoms with E-state index in [0.717, 1.165) is 5.56 Å². The van der Waals surface area contributed by atoms with Gasteiger partial charge in [-0.05, 0) is 43.4 Å². The Morgan fingerprint density at radius 3 is 2.63 bits per heavy atom. The maximum atomic E-state index is 11.7. The molecule has 1 unspecified atom stereocenters. The number of aromatic nitrogens is 1. The highest BCUT2D eigenvalue weighted by Crippen LogP contribution is 2.15. The van der Waals surface area contributed by atoms with Gasteiger partial charge in [0, 0.05) is 25.4 Å².